The van der Waals surface area contributed by atoms with Crippen LogP contribution in [0.2, 0.25) is 0 Å². The number of aromatic nitrogens is 2. The summed E-state index contributed by atoms with van der Waals surface area (Å²) in [6, 6.07) is 0. The number of hydrogen-bond donors (Lipinski definition) is 1. The van der Waals surface area contributed by atoms with E-state index < -0.39 is 5.97 Å². The molecule has 0 saturated carbocycles. The van der Waals surface area contributed by atoms with Crippen LogP contribution in [0, 0.1) is 0 Å². The Balaban J connectivity index is 2.61. The second-order valence-corrected chi connectivity index (χ2v) is 4.05. The SMILES string of the molecule is CCOC(=O)c1ncn(CCCN(C)C)c1N. The molecule has 2 N–H and O–H groups in total. The summed E-state index contributed by atoms with van der Waals surface area (Å²) in [7, 11) is 4.03. The highest BCUT2D eigenvalue weighted by Gasteiger charge is 2.16. The molecule has 1 aromatic rings. The molecule has 1 aromatic heterocycles. The van der Waals surface area contributed by atoms with Gasteiger partial charge in [0.1, 0.15) is 5.82 Å². The van der Waals surface area contributed by atoms with Crippen molar-refractivity contribution in [2.24, 2.45) is 0 Å². The summed E-state index contributed by atoms with van der Waals surface area (Å²) in [5.74, 6) is -0.0847. The van der Waals surface area contributed by atoms with E-state index in [0.29, 0.717) is 12.4 Å². The maximum absolute atomic E-state index is 11.5. The lowest BCUT2D eigenvalue weighted by Crippen LogP contribution is -2.16. The van der Waals surface area contributed by atoms with Gasteiger partial charge in [-0.1, -0.05) is 0 Å². The Hall–Kier alpha value is -1.56. The molecule has 0 bridgehead atoms. The predicted octanol–water partition coefficient (Wildman–Crippen LogP) is 0.594. The van der Waals surface area contributed by atoms with Gasteiger partial charge in [0.25, 0.3) is 0 Å². The first-order valence-electron chi connectivity index (χ1n) is 5.68. The summed E-state index contributed by atoms with van der Waals surface area (Å²) in [5, 5.41) is 0. The van der Waals surface area contributed by atoms with Crippen molar-refractivity contribution in [1.29, 1.82) is 0 Å². The molecule has 0 aliphatic carbocycles. The molecule has 0 atom stereocenters. The van der Waals surface area contributed by atoms with Crippen LogP contribution in [0.3, 0.4) is 0 Å². The molecule has 0 unspecified atom stereocenters. The number of nitrogens with zero attached hydrogens (tertiary/aromatic N) is 3. The lowest BCUT2D eigenvalue weighted by molar-refractivity contribution is 0.0521. The highest BCUT2D eigenvalue weighted by molar-refractivity contribution is 5.92. The number of carbonyl (C=O) groups is 1. The van der Waals surface area contributed by atoms with Crippen LogP contribution in [0.25, 0.3) is 0 Å². The first kappa shape index (κ1) is 13.5. The zero-order valence-corrected chi connectivity index (χ0v) is 10.6. The van der Waals surface area contributed by atoms with Gasteiger partial charge in [0.15, 0.2) is 5.69 Å². The van der Waals surface area contributed by atoms with Gasteiger partial charge in [-0.2, -0.15) is 0 Å². The number of ether oxygens (including phenoxy) is 1. The van der Waals surface area contributed by atoms with E-state index in [1.54, 1.807) is 17.8 Å². The van der Waals surface area contributed by atoms with Gasteiger partial charge in [-0.25, -0.2) is 9.78 Å². The highest BCUT2D eigenvalue weighted by atomic mass is 16.5. The number of imidazole rings is 1. The number of nitrogens with two attached hydrogens (primary N) is 1. The number of anilines is 1. The molecule has 0 fully saturated rings. The number of hydrogen-bond acceptors (Lipinski definition) is 5. The number of carbonyl (C=O) groups excluding carboxylic acids is 1. The van der Waals surface area contributed by atoms with Crippen molar-refractivity contribution in [3.05, 3.63) is 12.0 Å². The molecule has 6 heteroatoms. The van der Waals surface area contributed by atoms with Crippen LogP contribution in [0.15, 0.2) is 6.33 Å². The maximum Gasteiger partial charge on any atom is 0.360 e. The van der Waals surface area contributed by atoms with Gasteiger partial charge in [0.05, 0.1) is 12.9 Å². The third-order valence-electron chi connectivity index (χ3n) is 2.35. The standard InChI is InChI=1S/C11H20N4O2/c1-4-17-11(16)9-10(12)15(8-13-9)7-5-6-14(2)3/h8H,4-7,12H2,1-3H3. The minimum atomic E-state index is -0.462. The third-order valence-corrected chi connectivity index (χ3v) is 2.35. The molecule has 0 aliphatic rings. The molecule has 17 heavy (non-hydrogen) atoms. The Bertz CT molecular complexity index is 374. The van der Waals surface area contributed by atoms with Crippen molar-refractivity contribution in [2.75, 3.05) is 33.0 Å². The summed E-state index contributed by atoms with van der Waals surface area (Å²) in [5.41, 5.74) is 6.04. The second kappa shape index (κ2) is 6.24. The van der Waals surface area contributed by atoms with Crippen LogP contribution in [-0.4, -0.2) is 47.7 Å². The molecule has 0 saturated heterocycles. The molecule has 0 radical (unpaired) electrons. The van der Waals surface area contributed by atoms with E-state index in [1.807, 2.05) is 14.1 Å². The number of aryl methyl sites for hydroxylation is 1. The van der Waals surface area contributed by atoms with Crippen molar-refractivity contribution in [1.82, 2.24) is 14.5 Å². The van der Waals surface area contributed by atoms with Crippen LogP contribution in [0.1, 0.15) is 23.8 Å². The molecule has 1 heterocycles. The van der Waals surface area contributed by atoms with Gasteiger partial charge >= 0.3 is 5.97 Å². The van der Waals surface area contributed by atoms with Crippen LogP contribution >= 0.6 is 0 Å². The van der Waals surface area contributed by atoms with E-state index in [9.17, 15) is 4.79 Å². The van der Waals surface area contributed by atoms with Crippen LogP contribution in [0.5, 0.6) is 0 Å². The predicted molar refractivity (Wildman–Crippen MR) is 65.8 cm³/mol. The van der Waals surface area contributed by atoms with Crippen LogP contribution < -0.4 is 5.73 Å². The summed E-state index contributed by atoms with van der Waals surface area (Å²) < 4.78 is 6.64. The molecule has 0 aromatic carbocycles. The summed E-state index contributed by atoms with van der Waals surface area (Å²) in [6.07, 6.45) is 2.53. The number of rotatable bonds is 6. The van der Waals surface area contributed by atoms with Crippen LogP contribution in [-0.2, 0) is 11.3 Å². The van der Waals surface area contributed by atoms with Crippen molar-refractivity contribution >= 4 is 11.8 Å². The fourth-order valence-electron chi connectivity index (χ4n) is 1.48. The average Bonchev–Trinajstić information content (AvgIpc) is 2.60. The Morgan fingerprint density at radius 2 is 2.29 bits per heavy atom. The molecule has 0 spiro atoms. The molecule has 6 nitrogen and oxygen atoms in total. The van der Waals surface area contributed by atoms with Gasteiger partial charge in [-0.05, 0) is 34.0 Å². The van der Waals surface area contributed by atoms with E-state index in [4.69, 9.17) is 10.5 Å². The van der Waals surface area contributed by atoms with Gasteiger partial charge in [-0.15, -0.1) is 0 Å². The topological polar surface area (TPSA) is 73.4 Å². The average molecular weight is 240 g/mol. The third kappa shape index (κ3) is 3.74. The van der Waals surface area contributed by atoms with E-state index in [-0.39, 0.29) is 5.69 Å². The van der Waals surface area contributed by atoms with Crippen molar-refractivity contribution < 1.29 is 9.53 Å². The zero-order chi connectivity index (χ0) is 12.8. The van der Waals surface area contributed by atoms with E-state index >= 15 is 0 Å². The van der Waals surface area contributed by atoms with Gasteiger partial charge < -0.3 is 19.9 Å². The zero-order valence-electron chi connectivity index (χ0n) is 10.6. The second-order valence-electron chi connectivity index (χ2n) is 4.05. The molecule has 96 valence electrons. The van der Waals surface area contributed by atoms with E-state index in [2.05, 4.69) is 9.88 Å². The number of nitrogen functional groups attached to an aromatic ring is 1. The Morgan fingerprint density at radius 1 is 1.59 bits per heavy atom. The van der Waals surface area contributed by atoms with Gasteiger partial charge in [-0.3, -0.25) is 0 Å². The highest BCUT2D eigenvalue weighted by Crippen LogP contribution is 2.12. The largest absolute Gasteiger partial charge is 0.461 e. The molecular formula is C11H20N4O2. The quantitative estimate of drug-likeness (QED) is 0.737. The minimum absolute atomic E-state index is 0.205. The first-order chi connectivity index (χ1) is 8.06. The first-order valence-corrected chi connectivity index (χ1v) is 5.68. The lowest BCUT2D eigenvalue weighted by Gasteiger charge is -2.10. The molecule has 0 aliphatic heterocycles. The Labute approximate surface area is 101 Å². The summed E-state index contributed by atoms with van der Waals surface area (Å²) >= 11 is 0. The van der Waals surface area contributed by atoms with Gasteiger partial charge in [0, 0.05) is 6.54 Å². The molecular weight excluding hydrogens is 220 g/mol. The fourth-order valence-corrected chi connectivity index (χ4v) is 1.48. The van der Waals surface area contributed by atoms with Crippen molar-refractivity contribution in [3.63, 3.8) is 0 Å². The smallest absolute Gasteiger partial charge is 0.360 e. The fraction of sp³-hybridized carbons (Fsp3) is 0.636. The van der Waals surface area contributed by atoms with Crippen LogP contribution in [0.4, 0.5) is 5.82 Å². The molecule has 0 amide bonds. The van der Waals surface area contributed by atoms with Crippen molar-refractivity contribution in [2.45, 2.75) is 19.9 Å². The molecule has 1 rings (SSSR count). The number of esters is 1. The Morgan fingerprint density at radius 3 is 2.88 bits per heavy atom. The van der Waals surface area contributed by atoms with Gasteiger partial charge in [0.2, 0.25) is 0 Å². The van der Waals surface area contributed by atoms with E-state index in [1.165, 1.54) is 0 Å². The summed E-state index contributed by atoms with van der Waals surface area (Å²) in [4.78, 5) is 17.6. The maximum atomic E-state index is 11.5. The normalized spacial score (nSPS) is 10.8. The van der Waals surface area contributed by atoms with Crippen molar-refractivity contribution in [3.8, 4) is 0 Å². The minimum Gasteiger partial charge on any atom is -0.461 e. The monoisotopic (exact) mass is 240 g/mol. The Kier molecular flexibility index (Phi) is 4.96. The lowest BCUT2D eigenvalue weighted by atomic mass is 10.4. The van der Waals surface area contributed by atoms with E-state index in [0.717, 1.165) is 19.5 Å². The summed E-state index contributed by atoms with van der Waals surface area (Å²) in [6.45, 7) is 3.79.